The summed E-state index contributed by atoms with van der Waals surface area (Å²) in [4.78, 5) is 9.19. The van der Waals surface area contributed by atoms with Crippen molar-refractivity contribution in [1.29, 1.82) is 0 Å². The Morgan fingerprint density at radius 2 is 0.738 bits per heavy atom. The van der Waals surface area contributed by atoms with Crippen LogP contribution in [0.25, 0.3) is 80.1 Å². The maximum Gasteiger partial charge on any atom is 0.263 e. The highest BCUT2D eigenvalue weighted by Crippen LogP contribution is 2.37. The Morgan fingerprint density at radius 3 is 1.10 bits per heavy atom. The molecule has 0 bridgehead atoms. The van der Waals surface area contributed by atoms with Crippen LogP contribution in [0, 0.1) is 0 Å². The first-order chi connectivity index (χ1) is 20.6. The van der Waals surface area contributed by atoms with Gasteiger partial charge in [0.2, 0.25) is 0 Å². The normalized spacial score (nSPS) is 11.8. The molecule has 8 heteroatoms. The summed E-state index contributed by atoms with van der Waals surface area (Å²) < 4.78 is 36.0. The maximum atomic E-state index is 6.08. The van der Waals surface area contributed by atoms with E-state index < -0.39 is 0 Å². The van der Waals surface area contributed by atoms with Crippen molar-refractivity contribution in [3.63, 3.8) is 0 Å². The fourth-order valence-electron chi connectivity index (χ4n) is 4.97. The van der Waals surface area contributed by atoms with E-state index in [-0.39, 0.29) is 0 Å². The van der Waals surface area contributed by atoms with Crippen molar-refractivity contribution in [2.75, 3.05) is 0 Å². The number of oxazole rings is 2. The third-order valence-electron chi connectivity index (χ3n) is 7.29. The van der Waals surface area contributed by atoms with E-state index in [2.05, 4.69) is 23.8 Å². The first-order valence-electron chi connectivity index (χ1n) is 13.8. The molecule has 6 heterocycles. The van der Waals surface area contributed by atoms with Crippen LogP contribution in [-0.2, 0) is 12.8 Å². The second kappa shape index (κ2) is 9.55. The number of nitrogens with zero attached hydrogens (tertiary/aromatic N) is 2. The van der Waals surface area contributed by atoms with E-state index in [1.54, 1.807) is 0 Å². The van der Waals surface area contributed by atoms with Crippen LogP contribution in [0.1, 0.15) is 25.0 Å². The third-order valence-corrected chi connectivity index (χ3v) is 7.29. The lowest BCUT2D eigenvalue weighted by molar-refractivity contribution is 0.496. The van der Waals surface area contributed by atoms with Crippen molar-refractivity contribution in [3.8, 4) is 57.9 Å². The van der Waals surface area contributed by atoms with E-state index in [9.17, 15) is 0 Å². The van der Waals surface area contributed by atoms with Crippen molar-refractivity contribution in [2.24, 2.45) is 0 Å². The molecule has 0 aliphatic heterocycles. The minimum absolute atomic E-state index is 0.424. The van der Waals surface area contributed by atoms with Gasteiger partial charge in [-0.3, -0.25) is 0 Å². The summed E-state index contributed by atoms with van der Waals surface area (Å²) in [5.74, 6) is 5.23. The first-order valence-corrected chi connectivity index (χ1v) is 13.8. The topological polar surface area (TPSA) is 105 Å². The van der Waals surface area contributed by atoms with Gasteiger partial charge in [-0.15, -0.1) is 0 Å². The zero-order chi connectivity index (χ0) is 28.2. The van der Waals surface area contributed by atoms with Gasteiger partial charge in [0, 0.05) is 0 Å². The summed E-state index contributed by atoms with van der Waals surface area (Å²) in [5, 5.41) is 0. The molecule has 2 aromatic carbocycles. The zero-order valence-corrected chi connectivity index (χ0v) is 22.8. The molecule has 42 heavy (non-hydrogen) atoms. The molecule has 8 nitrogen and oxygen atoms in total. The fourth-order valence-corrected chi connectivity index (χ4v) is 4.97. The number of rotatable bonds is 7. The SMILES string of the molecule is CCc1ccc2oc(-c3ccc(-c4ccc(-c5ccc(-c6ccc(-c7nc8cc(CC)ccc8o7)o6)o5)o4)o3)nc2c1. The molecule has 0 unspecified atom stereocenters. The van der Waals surface area contributed by atoms with Crippen LogP contribution in [0.3, 0.4) is 0 Å². The summed E-state index contributed by atoms with van der Waals surface area (Å²) in [6, 6.07) is 26.7. The average molecular weight is 557 g/mol. The number of furan rings is 4. The molecule has 0 atom stereocenters. The van der Waals surface area contributed by atoms with Crippen LogP contribution >= 0.6 is 0 Å². The van der Waals surface area contributed by atoms with Gasteiger partial charge >= 0.3 is 0 Å². The van der Waals surface area contributed by atoms with Gasteiger partial charge in [-0.2, -0.15) is 0 Å². The number of hydrogen-bond donors (Lipinski definition) is 0. The van der Waals surface area contributed by atoms with E-state index in [1.165, 1.54) is 11.1 Å². The van der Waals surface area contributed by atoms with E-state index >= 15 is 0 Å². The quantitative estimate of drug-likeness (QED) is 0.191. The van der Waals surface area contributed by atoms with Gasteiger partial charge in [0.15, 0.2) is 57.2 Å². The molecule has 0 aliphatic carbocycles. The third kappa shape index (κ3) is 4.16. The summed E-state index contributed by atoms with van der Waals surface area (Å²) in [5.41, 5.74) is 5.45. The average Bonchev–Trinajstić information content (AvgIpc) is 3.86. The smallest absolute Gasteiger partial charge is 0.263 e. The molecule has 0 N–H and O–H groups in total. The number of aromatic nitrogens is 2. The van der Waals surface area contributed by atoms with Crippen molar-refractivity contribution < 1.29 is 26.5 Å². The second-order valence-corrected chi connectivity index (χ2v) is 10.0. The van der Waals surface area contributed by atoms with Gasteiger partial charge < -0.3 is 26.5 Å². The van der Waals surface area contributed by atoms with Crippen molar-refractivity contribution in [2.45, 2.75) is 26.7 Å². The van der Waals surface area contributed by atoms with Crippen molar-refractivity contribution in [3.05, 3.63) is 96.1 Å². The number of hydrogen-bond acceptors (Lipinski definition) is 8. The van der Waals surface area contributed by atoms with Crippen LogP contribution in [0.4, 0.5) is 0 Å². The minimum atomic E-state index is 0.424. The molecule has 0 aliphatic rings. The largest absolute Gasteiger partial charge is 0.450 e. The van der Waals surface area contributed by atoms with E-state index in [0.717, 1.165) is 35.0 Å². The Kier molecular flexibility index (Phi) is 5.53. The molecule has 206 valence electrons. The lowest BCUT2D eigenvalue weighted by Crippen LogP contribution is -1.78. The van der Waals surface area contributed by atoms with Gasteiger partial charge in [-0.25, -0.2) is 9.97 Å². The molecule has 0 amide bonds. The fraction of sp³-hybridized carbons (Fsp3) is 0.118. The molecular weight excluding hydrogens is 532 g/mol. The number of fused-ring (bicyclic) bond motifs is 2. The molecule has 0 saturated heterocycles. The monoisotopic (exact) mass is 556 g/mol. The molecule has 0 fully saturated rings. The van der Waals surface area contributed by atoms with Crippen LogP contribution in [-0.4, -0.2) is 9.97 Å². The molecule has 0 saturated carbocycles. The van der Waals surface area contributed by atoms with Gasteiger partial charge in [0.25, 0.3) is 11.8 Å². The molecule has 8 rings (SSSR count). The van der Waals surface area contributed by atoms with E-state index in [0.29, 0.717) is 57.9 Å². The molecular formula is C34H24N2O6. The Bertz CT molecular complexity index is 2040. The van der Waals surface area contributed by atoms with Crippen LogP contribution in [0.15, 0.2) is 111 Å². The van der Waals surface area contributed by atoms with Gasteiger partial charge in [0.1, 0.15) is 11.0 Å². The number of benzene rings is 2. The van der Waals surface area contributed by atoms with Gasteiger partial charge in [-0.1, -0.05) is 26.0 Å². The van der Waals surface area contributed by atoms with Crippen LogP contribution in [0.2, 0.25) is 0 Å². The van der Waals surface area contributed by atoms with Crippen molar-refractivity contribution in [1.82, 2.24) is 9.97 Å². The highest BCUT2D eigenvalue weighted by atomic mass is 16.4. The molecule has 6 aromatic heterocycles. The maximum absolute atomic E-state index is 6.08. The van der Waals surface area contributed by atoms with Crippen LogP contribution in [0.5, 0.6) is 0 Å². The Hall–Kier alpha value is -5.50. The lowest BCUT2D eigenvalue weighted by atomic mass is 10.1. The molecule has 0 radical (unpaired) electrons. The standard InChI is InChI=1S/C34H24N2O6/c1-3-19-5-7-23-21(17-19)35-33(41-23)31-15-13-29(39-31)27-11-9-25(37-27)26-10-12-28(38-26)30-14-16-32(40-30)34-36-22-18-20(4-2)6-8-24(22)42-34/h5-18H,3-4H2,1-2H3. The molecule has 0 spiro atoms. The van der Waals surface area contributed by atoms with Gasteiger partial charge in [-0.05, 0) is 96.8 Å². The van der Waals surface area contributed by atoms with Crippen molar-refractivity contribution >= 4 is 22.2 Å². The lowest BCUT2D eigenvalue weighted by Gasteiger charge is -1.94. The minimum Gasteiger partial charge on any atom is -0.450 e. The highest BCUT2D eigenvalue weighted by molar-refractivity contribution is 5.77. The zero-order valence-electron chi connectivity index (χ0n) is 22.8. The summed E-state index contributed by atoms with van der Waals surface area (Å²) in [7, 11) is 0. The predicted octanol–water partition coefficient (Wildman–Crippen LogP) is 9.80. The van der Waals surface area contributed by atoms with E-state index in [4.69, 9.17) is 26.5 Å². The number of aryl methyl sites for hydroxylation is 2. The van der Waals surface area contributed by atoms with Gasteiger partial charge in [0.05, 0.1) is 0 Å². The highest BCUT2D eigenvalue weighted by Gasteiger charge is 2.19. The Labute approximate surface area is 239 Å². The summed E-state index contributed by atoms with van der Waals surface area (Å²) in [6.45, 7) is 4.22. The summed E-state index contributed by atoms with van der Waals surface area (Å²) in [6.07, 6.45) is 1.87. The Balaban J connectivity index is 1.02. The summed E-state index contributed by atoms with van der Waals surface area (Å²) >= 11 is 0. The second-order valence-electron chi connectivity index (χ2n) is 10.0. The predicted molar refractivity (Wildman–Crippen MR) is 157 cm³/mol. The van der Waals surface area contributed by atoms with Crippen LogP contribution < -0.4 is 0 Å². The molecule has 8 aromatic rings. The van der Waals surface area contributed by atoms with E-state index in [1.807, 2.05) is 84.9 Å². The Morgan fingerprint density at radius 1 is 0.405 bits per heavy atom. The first kappa shape index (κ1) is 24.3.